The lowest BCUT2D eigenvalue weighted by molar-refractivity contribution is 0.226. The maximum Gasteiger partial charge on any atom is 0.0522 e. The highest BCUT2D eigenvalue weighted by Crippen LogP contribution is 2.34. The van der Waals surface area contributed by atoms with Crippen molar-refractivity contribution in [2.45, 2.75) is 25.3 Å². The second-order valence-electron chi connectivity index (χ2n) is 4.89. The molecule has 0 saturated heterocycles. The summed E-state index contributed by atoms with van der Waals surface area (Å²) in [7, 11) is 4.15. The van der Waals surface area contributed by atoms with Gasteiger partial charge in [-0.2, -0.15) is 5.10 Å². The molecule has 106 valence electrons. The third-order valence-electron chi connectivity index (χ3n) is 3.49. The third kappa shape index (κ3) is 4.76. The summed E-state index contributed by atoms with van der Waals surface area (Å²) >= 11 is 0. The quantitative estimate of drug-likeness (QED) is 0.864. The minimum absolute atomic E-state index is 0. The Hall–Kier alpha value is -0.290. The lowest BCUT2D eigenvalue weighted by Gasteiger charge is -2.26. The van der Waals surface area contributed by atoms with Crippen LogP contribution in [-0.2, 0) is 13.5 Å². The van der Waals surface area contributed by atoms with E-state index in [1.807, 2.05) is 17.9 Å². The number of aromatic nitrogens is 2. The Labute approximate surface area is 122 Å². The van der Waals surface area contributed by atoms with E-state index in [1.165, 1.54) is 18.4 Å². The first-order chi connectivity index (χ1) is 7.70. The molecule has 18 heavy (non-hydrogen) atoms. The molecule has 2 N–H and O–H groups in total. The Morgan fingerprint density at radius 2 is 2.17 bits per heavy atom. The van der Waals surface area contributed by atoms with Gasteiger partial charge in [0.15, 0.2) is 0 Å². The molecule has 1 fully saturated rings. The van der Waals surface area contributed by atoms with Crippen LogP contribution in [0.4, 0.5) is 0 Å². The summed E-state index contributed by atoms with van der Waals surface area (Å²) in [6.45, 7) is 1.86. The number of nitrogens with two attached hydrogens (primary N) is 1. The molecule has 0 spiro atoms. The Kier molecular flexibility index (Phi) is 7.87. The SMILES string of the molecule is CN(CCc1cnn(C)c1)C(CN)C1CC1.Cl.Cl. The third-order valence-corrected chi connectivity index (χ3v) is 3.49. The Morgan fingerprint density at radius 1 is 1.50 bits per heavy atom. The van der Waals surface area contributed by atoms with Crippen molar-refractivity contribution in [2.24, 2.45) is 18.7 Å². The van der Waals surface area contributed by atoms with E-state index in [2.05, 4.69) is 23.2 Å². The molecule has 0 amide bonds. The molecule has 0 aliphatic heterocycles. The van der Waals surface area contributed by atoms with Crippen molar-refractivity contribution in [1.29, 1.82) is 0 Å². The van der Waals surface area contributed by atoms with E-state index >= 15 is 0 Å². The average molecular weight is 295 g/mol. The Balaban J connectivity index is 0.00000144. The van der Waals surface area contributed by atoms with Gasteiger partial charge in [0.05, 0.1) is 6.20 Å². The van der Waals surface area contributed by atoms with E-state index < -0.39 is 0 Å². The number of likely N-dealkylation sites (N-methyl/N-ethyl adjacent to an activating group) is 1. The van der Waals surface area contributed by atoms with Crippen molar-refractivity contribution in [3.05, 3.63) is 18.0 Å². The second kappa shape index (κ2) is 8.00. The van der Waals surface area contributed by atoms with Gasteiger partial charge in [-0.3, -0.25) is 4.68 Å². The Bertz CT molecular complexity index is 339. The predicted molar refractivity (Wildman–Crippen MR) is 79.6 cm³/mol. The predicted octanol–water partition coefficient (Wildman–Crippen LogP) is 1.48. The summed E-state index contributed by atoms with van der Waals surface area (Å²) < 4.78 is 1.86. The molecule has 1 aromatic rings. The molecule has 1 unspecified atom stereocenters. The van der Waals surface area contributed by atoms with Crippen LogP contribution in [0.25, 0.3) is 0 Å². The van der Waals surface area contributed by atoms with Crippen molar-refractivity contribution < 1.29 is 0 Å². The fraction of sp³-hybridized carbons (Fsp3) is 0.750. The largest absolute Gasteiger partial charge is 0.329 e. The van der Waals surface area contributed by atoms with Gasteiger partial charge in [-0.05, 0) is 37.8 Å². The van der Waals surface area contributed by atoms with E-state index in [4.69, 9.17) is 5.73 Å². The molecule has 1 aliphatic rings. The van der Waals surface area contributed by atoms with E-state index in [9.17, 15) is 0 Å². The number of rotatable bonds is 6. The number of hydrogen-bond acceptors (Lipinski definition) is 3. The molecule has 0 aromatic carbocycles. The Morgan fingerprint density at radius 3 is 2.61 bits per heavy atom. The van der Waals surface area contributed by atoms with Gasteiger partial charge in [0.2, 0.25) is 0 Å². The first-order valence-corrected chi connectivity index (χ1v) is 6.08. The van der Waals surface area contributed by atoms with Gasteiger partial charge in [-0.15, -0.1) is 24.8 Å². The van der Waals surface area contributed by atoms with Gasteiger partial charge in [0, 0.05) is 32.4 Å². The van der Waals surface area contributed by atoms with E-state index in [-0.39, 0.29) is 24.8 Å². The van der Waals surface area contributed by atoms with Gasteiger partial charge >= 0.3 is 0 Å². The summed E-state index contributed by atoms with van der Waals surface area (Å²) in [6.07, 6.45) is 7.82. The van der Waals surface area contributed by atoms with E-state index in [1.54, 1.807) is 0 Å². The number of halogens is 2. The maximum atomic E-state index is 5.83. The minimum Gasteiger partial charge on any atom is -0.329 e. The second-order valence-corrected chi connectivity index (χ2v) is 4.89. The van der Waals surface area contributed by atoms with Gasteiger partial charge < -0.3 is 10.6 Å². The van der Waals surface area contributed by atoms with Crippen molar-refractivity contribution >= 4 is 24.8 Å². The zero-order valence-electron chi connectivity index (χ0n) is 11.1. The molecule has 1 aliphatic carbocycles. The van der Waals surface area contributed by atoms with Gasteiger partial charge in [-0.25, -0.2) is 0 Å². The topological polar surface area (TPSA) is 47.1 Å². The van der Waals surface area contributed by atoms with Crippen molar-refractivity contribution in [3.63, 3.8) is 0 Å². The molecule has 1 saturated carbocycles. The molecule has 6 heteroatoms. The summed E-state index contributed by atoms with van der Waals surface area (Å²) in [5.41, 5.74) is 7.14. The van der Waals surface area contributed by atoms with Gasteiger partial charge in [0.1, 0.15) is 0 Å². The van der Waals surface area contributed by atoms with Gasteiger partial charge in [0.25, 0.3) is 0 Å². The summed E-state index contributed by atoms with van der Waals surface area (Å²) in [4.78, 5) is 2.41. The smallest absolute Gasteiger partial charge is 0.0522 e. The normalized spacial score (nSPS) is 16.0. The van der Waals surface area contributed by atoms with Crippen LogP contribution in [-0.4, -0.2) is 40.9 Å². The standard InChI is InChI=1S/C12H22N4.2ClH/c1-15(12(7-13)11-3-4-11)6-5-10-8-14-16(2)9-10;;/h8-9,11-12H,3-7,13H2,1-2H3;2*1H. The highest BCUT2D eigenvalue weighted by molar-refractivity contribution is 5.85. The number of aryl methyl sites for hydroxylation is 1. The highest BCUT2D eigenvalue weighted by Gasteiger charge is 2.32. The van der Waals surface area contributed by atoms with Crippen molar-refractivity contribution in [2.75, 3.05) is 20.1 Å². The van der Waals surface area contributed by atoms with Crippen molar-refractivity contribution in [3.8, 4) is 0 Å². The maximum absolute atomic E-state index is 5.83. The average Bonchev–Trinajstić information content (AvgIpc) is 3.00. The molecule has 1 aromatic heterocycles. The van der Waals surface area contributed by atoms with Crippen LogP contribution in [0.1, 0.15) is 18.4 Å². The van der Waals surface area contributed by atoms with Crippen LogP contribution in [0.2, 0.25) is 0 Å². The highest BCUT2D eigenvalue weighted by atomic mass is 35.5. The molecule has 0 bridgehead atoms. The van der Waals surface area contributed by atoms with Crippen LogP contribution in [0, 0.1) is 5.92 Å². The molecule has 1 heterocycles. The fourth-order valence-corrected chi connectivity index (χ4v) is 2.29. The van der Waals surface area contributed by atoms with Crippen molar-refractivity contribution in [1.82, 2.24) is 14.7 Å². The van der Waals surface area contributed by atoms with E-state index in [0.29, 0.717) is 6.04 Å². The summed E-state index contributed by atoms with van der Waals surface area (Å²) in [5.74, 6) is 0.851. The lowest BCUT2D eigenvalue weighted by atomic mass is 10.1. The summed E-state index contributed by atoms with van der Waals surface area (Å²) in [5, 5.41) is 4.18. The zero-order chi connectivity index (χ0) is 11.5. The first kappa shape index (κ1) is 17.7. The summed E-state index contributed by atoms with van der Waals surface area (Å²) in [6, 6.07) is 0.580. The fourth-order valence-electron chi connectivity index (χ4n) is 2.29. The van der Waals surface area contributed by atoms with Crippen LogP contribution in [0.15, 0.2) is 12.4 Å². The molecular formula is C12H24Cl2N4. The minimum atomic E-state index is 0. The lowest BCUT2D eigenvalue weighted by Crippen LogP contribution is -2.40. The van der Waals surface area contributed by atoms with Crippen LogP contribution in [0.3, 0.4) is 0 Å². The molecule has 0 radical (unpaired) electrons. The molecular weight excluding hydrogens is 271 g/mol. The van der Waals surface area contributed by atoms with Crippen LogP contribution in [0.5, 0.6) is 0 Å². The zero-order valence-corrected chi connectivity index (χ0v) is 12.7. The number of nitrogens with zero attached hydrogens (tertiary/aromatic N) is 3. The number of hydrogen-bond donors (Lipinski definition) is 1. The molecule has 4 nitrogen and oxygen atoms in total. The van der Waals surface area contributed by atoms with Crippen LogP contribution < -0.4 is 5.73 Å². The molecule has 2 rings (SSSR count). The van der Waals surface area contributed by atoms with Crippen LogP contribution >= 0.6 is 24.8 Å². The van der Waals surface area contributed by atoms with Gasteiger partial charge in [-0.1, -0.05) is 0 Å². The molecule has 1 atom stereocenters. The van der Waals surface area contributed by atoms with E-state index in [0.717, 1.165) is 25.4 Å². The monoisotopic (exact) mass is 294 g/mol. The first-order valence-electron chi connectivity index (χ1n) is 6.08.